The topological polar surface area (TPSA) is 69.4 Å². The number of halogens is 2. The maximum atomic E-state index is 13.7. The zero-order valence-corrected chi connectivity index (χ0v) is 12.4. The van der Waals surface area contributed by atoms with Crippen molar-refractivity contribution >= 4 is 27.4 Å². The van der Waals surface area contributed by atoms with Crippen LogP contribution in [0, 0.1) is 15.9 Å². The van der Waals surface area contributed by atoms with Crippen molar-refractivity contribution in [2.75, 3.05) is 0 Å². The normalized spacial score (nSPS) is 10.2. The molecular weight excluding hydrogens is 345 g/mol. The van der Waals surface area contributed by atoms with Crippen LogP contribution < -0.4 is 4.74 Å². The monoisotopic (exact) mass is 353 g/mol. The molecular formula is C14H9BrFNO4. The Morgan fingerprint density at radius 3 is 2.62 bits per heavy atom. The Labute approximate surface area is 127 Å². The van der Waals surface area contributed by atoms with Gasteiger partial charge in [-0.2, -0.15) is 0 Å². The first-order valence-corrected chi connectivity index (χ1v) is 6.60. The third-order valence-corrected chi connectivity index (χ3v) is 3.34. The van der Waals surface area contributed by atoms with Crippen LogP contribution in [-0.2, 0) is 0 Å². The summed E-state index contributed by atoms with van der Waals surface area (Å²) in [5.74, 6) is -1.27. The van der Waals surface area contributed by atoms with E-state index in [9.17, 15) is 19.3 Å². The first-order valence-electron chi connectivity index (χ1n) is 5.81. The second-order valence-electron chi connectivity index (χ2n) is 4.15. The third kappa shape index (κ3) is 3.25. The van der Waals surface area contributed by atoms with E-state index in [-0.39, 0.29) is 11.5 Å². The molecule has 0 aliphatic carbocycles. The van der Waals surface area contributed by atoms with E-state index >= 15 is 0 Å². The van der Waals surface area contributed by atoms with E-state index in [2.05, 4.69) is 15.9 Å². The van der Waals surface area contributed by atoms with Gasteiger partial charge < -0.3 is 4.74 Å². The fourth-order valence-corrected chi connectivity index (χ4v) is 2.34. The molecule has 0 bridgehead atoms. The van der Waals surface area contributed by atoms with Crippen LogP contribution in [0.5, 0.6) is 11.5 Å². The predicted octanol–water partition coefficient (Wildman–Crippen LogP) is 4.49. The molecule has 0 radical (unpaired) electrons. The molecule has 0 amide bonds. The number of nitrogens with zero attached hydrogens (tertiary/aromatic N) is 1. The number of hydrogen-bond donors (Lipinski definition) is 0. The molecule has 0 heterocycles. The molecule has 2 rings (SSSR count). The molecule has 0 unspecified atom stereocenters. The summed E-state index contributed by atoms with van der Waals surface area (Å²) in [6.45, 7) is 1.41. The lowest BCUT2D eigenvalue weighted by molar-refractivity contribution is -0.385. The standard InChI is InChI=1S/C14H9BrFNO4/c1-8(18)10-6-5-9(7-11(10)15)21-14-12(16)3-2-4-13(14)17(19)20/h2-7H,1H3. The molecule has 0 N–H and O–H groups in total. The molecule has 0 fully saturated rings. The van der Waals surface area contributed by atoms with Gasteiger partial charge in [-0.1, -0.05) is 6.07 Å². The predicted molar refractivity (Wildman–Crippen MR) is 77.3 cm³/mol. The molecule has 0 saturated heterocycles. The molecule has 2 aromatic rings. The van der Waals surface area contributed by atoms with Crippen LogP contribution in [0.25, 0.3) is 0 Å². The quantitative estimate of drug-likeness (QED) is 0.461. The number of rotatable bonds is 4. The van der Waals surface area contributed by atoms with Crippen LogP contribution in [0.2, 0.25) is 0 Å². The summed E-state index contributed by atoms with van der Waals surface area (Å²) in [5.41, 5.74) is -0.0350. The first kappa shape index (κ1) is 15.1. The van der Waals surface area contributed by atoms with Crippen molar-refractivity contribution in [3.05, 3.63) is 62.4 Å². The lowest BCUT2D eigenvalue weighted by Crippen LogP contribution is -1.97. The Morgan fingerprint density at radius 2 is 2.05 bits per heavy atom. The second-order valence-corrected chi connectivity index (χ2v) is 5.00. The van der Waals surface area contributed by atoms with E-state index in [1.807, 2.05) is 0 Å². The van der Waals surface area contributed by atoms with Crippen molar-refractivity contribution < 1.29 is 18.8 Å². The lowest BCUT2D eigenvalue weighted by atomic mass is 10.1. The smallest absolute Gasteiger partial charge is 0.314 e. The number of Topliss-reactive ketones (excluding diaryl/α,β-unsaturated/α-hetero) is 1. The maximum absolute atomic E-state index is 13.7. The number of nitro groups is 1. The van der Waals surface area contributed by atoms with Crippen molar-refractivity contribution in [3.63, 3.8) is 0 Å². The number of carbonyl (C=O) groups excluding carboxylic acids is 1. The maximum Gasteiger partial charge on any atom is 0.314 e. The van der Waals surface area contributed by atoms with Crippen molar-refractivity contribution in [1.82, 2.24) is 0 Å². The van der Waals surface area contributed by atoms with Crippen LogP contribution in [0.1, 0.15) is 17.3 Å². The molecule has 0 saturated carbocycles. The summed E-state index contributed by atoms with van der Waals surface area (Å²) in [4.78, 5) is 21.5. The van der Waals surface area contributed by atoms with E-state index in [0.29, 0.717) is 10.0 Å². The van der Waals surface area contributed by atoms with E-state index < -0.39 is 22.2 Å². The van der Waals surface area contributed by atoms with E-state index in [1.54, 1.807) is 0 Å². The van der Waals surface area contributed by atoms with Gasteiger partial charge in [0.15, 0.2) is 11.6 Å². The fourth-order valence-electron chi connectivity index (χ4n) is 1.70. The number of hydrogen-bond acceptors (Lipinski definition) is 4. The highest BCUT2D eigenvalue weighted by Crippen LogP contribution is 2.35. The average molecular weight is 354 g/mol. The van der Waals surface area contributed by atoms with Crippen LogP contribution >= 0.6 is 15.9 Å². The van der Waals surface area contributed by atoms with Gasteiger partial charge in [0.1, 0.15) is 5.75 Å². The number of nitro benzene ring substituents is 1. The summed E-state index contributed by atoms with van der Waals surface area (Å²) < 4.78 is 19.4. The highest BCUT2D eigenvalue weighted by Gasteiger charge is 2.20. The minimum absolute atomic E-state index is 0.148. The van der Waals surface area contributed by atoms with Gasteiger partial charge in [0, 0.05) is 16.1 Å². The summed E-state index contributed by atoms with van der Waals surface area (Å²) in [5, 5.41) is 10.9. The zero-order valence-electron chi connectivity index (χ0n) is 10.8. The van der Waals surface area contributed by atoms with Gasteiger partial charge in [-0.05, 0) is 47.1 Å². The number of ketones is 1. The van der Waals surface area contributed by atoms with Gasteiger partial charge >= 0.3 is 5.69 Å². The molecule has 0 aromatic heterocycles. The minimum atomic E-state index is -0.837. The van der Waals surface area contributed by atoms with E-state index in [4.69, 9.17) is 4.74 Å². The summed E-state index contributed by atoms with van der Waals surface area (Å²) in [6, 6.07) is 7.84. The van der Waals surface area contributed by atoms with Gasteiger partial charge in [-0.15, -0.1) is 0 Å². The second kappa shape index (κ2) is 6.01. The minimum Gasteiger partial charge on any atom is -0.447 e. The average Bonchev–Trinajstić information content (AvgIpc) is 2.40. The molecule has 0 aliphatic heterocycles. The van der Waals surface area contributed by atoms with Gasteiger partial charge in [-0.25, -0.2) is 4.39 Å². The number of para-hydroxylation sites is 1. The largest absolute Gasteiger partial charge is 0.447 e. The van der Waals surface area contributed by atoms with Gasteiger partial charge in [0.25, 0.3) is 0 Å². The SMILES string of the molecule is CC(=O)c1ccc(Oc2c(F)cccc2[N+](=O)[O-])cc1Br. The van der Waals surface area contributed by atoms with Gasteiger partial charge in [0.2, 0.25) is 5.75 Å². The van der Waals surface area contributed by atoms with Gasteiger partial charge in [-0.3, -0.25) is 14.9 Å². The fraction of sp³-hybridized carbons (Fsp3) is 0.0714. The van der Waals surface area contributed by atoms with E-state index in [0.717, 1.165) is 12.1 Å². The van der Waals surface area contributed by atoms with E-state index in [1.165, 1.54) is 31.2 Å². The van der Waals surface area contributed by atoms with Crippen LogP contribution in [-0.4, -0.2) is 10.7 Å². The molecule has 108 valence electrons. The third-order valence-electron chi connectivity index (χ3n) is 2.68. The molecule has 7 heteroatoms. The summed E-state index contributed by atoms with van der Waals surface area (Å²) >= 11 is 3.20. The highest BCUT2D eigenvalue weighted by molar-refractivity contribution is 9.10. The van der Waals surface area contributed by atoms with Crippen LogP contribution in [0.4, 0.5) is 10.1 Å². The number of ether oxygens (including phenoxy) is 1. The van der Waals surface area contributed by atoms with Crippen LogP contribution in [0.3, 0.4) is 0 Å². The highest BCUT2D eigenvalue weighted by atomic mass is 79.9. The summed E-state index contributed by atoms with van der Waals surface area (Å²) in [7, 11) is 0. The molecule has 0 atom stereocenters. The molecule has 21 heavy (non-hydrogen) atoms. The Hall–Kier alpha value is -2.28. The molecule has 0 spiro atoms. The van der Waals surface area contributed by atoms with Crippen molar-refractivity contribution in [2.45, 2.75) is 6.92 Å². The lowest BCUT2D eigenvalue weighted by Gasteiger charge is -2.08. The van der Waals surface area contributed by atoms with Gasteiger partial charge in [0.05, 0.1) is 4.92 Å². The van der Waals surface area contributed by atoms with Crippen molar-refractivity contribution in [3.8, 4) is 11.5 Å². The Bertz CT molecular complexity index is 733. The first-order chi connectivity index (χ1) is 9.90. The van der Waals surface area contributed by atoms with Crippen molar-refractivity contribution in [2.24, 2.45) is 0 Å². The number of benzene rings is 2. The number of carbonyl (C=O) groups is 1. The molecule has 5 nitrogen and oxygen atoms in total. The Kier molecular flexibility index (Phi) is 4.32. The Balaban J connectivity index is 2.41. The molecule has 2 aromatic carbocycles. The molecule has 0 aliphatic rings. The summed E-state index contributed by atoms with van der Waals surface area (Å²) in [6.07, 6.45) is 0. The van der Waals surface area contributed by atoms with Crippen molar-refractivity contribution in [1.29, 1.82) is 0 Å². The zero-order chi connectivity index (χ0) is 15.6. The Morgan fingerprint density at radius 1 is 1.33 bits per heavy atom. The van der Waals surface area contributed by atoms with Crippen LogP contribution in [0.15, 0.2) is 40.9 Å².